The van der Waals surface area contributed by atoms with E-state index in [4.69, 9.17) is 14.2 Å². The molecule has 0 aliphatic rings. The highest BCUT2D eigenvalue weighted by atomic mass is 79.9. The van der Waals surface area contributed by atoms with E-state index >= 15 is 0 Å². The number of unbranched alkanes of at least 4 members (excludes halogenated alkanes) is 2. The van der Waals surface area contributed by atoms with E-state index in [0.29, 0.717) is 25.0 Å². The van der Waals surface area contributed by atoms with Crippen LogP contribution in [0.25, 0.3) is 12.2 Å². The molecule has 0 N–H and O–H groups in total. The summed E-state index contributed by atoms with van der Waals surface area (Å²) in [5, 5.41) is 4.08. The molecule has 0 amide bonds. The minimum absolute atomic E-state index is 0. The van der Waals surface area contributed by atoms with Crippen LogP contribution >= 0.6 is 7.26 Å². The zero-order chi connectivity index (χ0) is 38.0. The van der Waals surface area contributed by atoms with E-state index in [-0.39, 0.29) is 17.0 Å². The number of rotatable bonds is 22. The maximum atomic E-state index is 7.03. The molecule has 5 rings (SSSR count). The van der Waals surface area contributed by atoms with Crippen LogP contribution in [0.5, 0.6) is 17.2 Å². The van der Waals surface area contributed by atoms with Gasteiger partial charge in [0, 0.05) is 11.1 Å². The lowest BCUT2D eigenvalue weighted by Gasteiger charge is -2.29. The molecule has 0 bridgehead atoms. The van der Waals surface area contributed by atoms with Gasteiger partial charge in [0.05, 0.1) is 20.3 Å². The second kappa shape index (κ2) is 23.3. The van der Waals surface area contributed by atoms with Gasteiger partial charge in [-0.2, -0.15) is 0 Å². The second-order valence-electron chi connectivity index (χ2n) is 14.5. The first-order valence-electron chi connectivity index (χ1n) is 20.3. The summed E-state index contributed by atoms with van der Waals surface area (Å²) < 4.78 is 19.4. The van der Waals surface area contributed by atoms with Crippen LogP contribution in [0, 0.1) is 11.8 Å². The van der Waals surface area contributed by atoms with Crippen molar-refractivity contribution in [3.63, 3.8) is 0 Å². The molecule has 292 valence electrons. The molecule has 5 aromatic carbocycles. The molecule has 3 nitrogen and oxygen atoms in total. The third-order valence-electron chi connectivity index (χ3n) is 10.8. The Balaban J connectivity index is 0.00000673. The predicted octanol–water partition coefficient (Wildman–Crippen LogP) is 9.55. The molecule has 2 atom stereocenters. The summed E-state index contributed by atoms with van der Waals surface area (Å²) in [5.74, 6) is 3.74. The predicted molar refractivity (Wildman–Crippen MR) is 235 cm³/mol. The van der Waals surface area contributed by atoms with Crippen LogP contribution < -0.4 is 47.1 Å². The van der Waals surface area contributed by atoms with Gasteiger partial charge in [-0.05, 0) is 90.9 Å². The van der Waals surface area contributed by atoms with E-state index in [0.717, 1.165) is 47.4 Å². The summed E-state index contributed by atoms with van der Waals surface area (Å²) >= 11 is 0. The van der Waals surface area contributed by atoms with Gasteiger partial charge in [-0.25, -0.2) is 0 Å². The first-order chi connectivity index (χ1) is 26.5. The molecular formula is C50H62BrO3P. The number of hydrogen-bond donors (Lipinski definition) is 0. The van der Waals surface area contributed by atoms with Crippen LogP contribution in [-0.2, 0) is 6.16 Å². The highest BCUT2D eigenvalue weighted by Crippen LogP contribution is 2.59. The summed E-state index contributed by atoms with van der Waals surface area (Å²) in [4.78, 5) is 0. The molecule has 0 aromatic heterocycles. The summed E-state index contributed by atoms with van der Waals surface area (Å²) in [7, 11) is -0.498. The van der Waals surface area contributed by atoms with E-state index < -0.39 is 7.26 Å². The Morgan fingerprint density at radius 2 is 1.04 bits per heavy atom. The maximum Gasteiger partial charge on any atom is 0.127 e. The Morgan fingerprint density at radius 3 is 1.47 bits per heavy atom. The largest absolute Gasteiger partial charge is 1.00 e. The van der Waals surface area contributed by atoms with Gasteiger partial charge in [0.25, 0.3) is 0 Å². The fourth-order valence-electron chi connectivity index (χ4n) is 7.27. The third-order valence-corrected chi connectivity index (χ3v) is 15.2. The van der Waals surface area contributed by atoms with Crippen molar-refractivity contribution in [1.82, 2.24) is 0 Å². The smallest absolute Gasteiger partial charge is 0.127 e. The fourth-order valence-corrected chi connectivity index (χ4v) is 11.5. The molecule has 0 spiro atoms. The van der Waals surface area contributed by atoms with Crippen molar-refractivity contribution in [3.8, 4) is 17.2 Å². The van der Waals surface area contributed by atoms with Gasteiger partial charge in [-0.15, -0.1) is 0 Å². The average molecular weight is 822 g/mol. The molecule has 0 fully saturated rings. The lowest BCUT2D eigenvalue weighted by atomic mass is 10.00. The van der Waals surface area contributed by atoms with Crippen molar-refractivity contribution in [3.05, 3.63) is 144 Å². The van der Waals surface area contributed by atoms with Crippen molar-refractivity contribution in [1.29, 1.82) is 0 Å². The average Bonchev–Trinajstić information content (AvgIpc) is 3.23. The molecule has 55 heavy (non-hydrogen) atoms. The normalized spacial score (nSPS) is 12.5. The molecule has 2 unspecified atom stereocenters. The number of methoxy groups -OCH3 is 1. The third kappa shape index (κ3) is 12.1. The minimum Gasteiger partial charge on any atom is -1.00 e. The Labute approximate surface area is 343 Å². The van der Waals surface area contributed by atoms with Gasteiger partial charge in [-0.3, -0.25) is 0 Å². The lowest BCUT2D eigenvalue weighted by molar-refractivity contribution is -0.0000120. The van der Waals surface area contributed by atoms with E-state index in [9.17, 15) is 0 Å². The molecular weight excluding hydrogens is 759 g/mol. The van der Waals surface area contributed by atoms with Gasteiger partial charge in [0.15, 0.2) is 0 Å². The summed E-state index contributed by atoms with van der Waals surface area (Å²) in [6.45, 7) is 10.5. The second-order valence-corrected chi connectivity index (χ2v) is 18.0. The van der Waals surface area contributed by atoms with E-state index in [1.54, 1.807) is 7.11 Å². The van der Waals surface area contributed by atoms with Gasteiger partial charge in [0.1, 0.15) is 46.6 Å². The lowest BCUT2D eigenvalue weighted by Crippen LogP contribution is -3.00. The first kappa shape index (κ1) is 43.9. The molecule has 5 aromatic rings. The van der Waals surface area contributed by atoms with E-state index in [2.05, 4.69) is 155 Å². The summed E-state index contributed by atoms with van der Waals surface area (Å²) in [6, 6.07) is 46.3. The highest BCUT2D eigenvalue weighted by molar-refractivity contribution is 7.95. The number of hydrogen-bond acceptors (Lipinski definition) is 3. The standard InChI is InChI=1S/C50H62O3P.BrH/c1-6-10-21-40(8-3)37-52-49-36-44(39-54(46-23-15-12-16-24-46,47-25-17-13-18-26-47)48-27-19-14-20-28-48)50(53-38-41(9-4)22-11-7-2)35-43(49)32-29-42-30-33-45(51-5)34-31-42;/h12-20,23-36,40-41H,6-11,21-22,37-39H2,1-5H3;1H/q+1;/p-1/b32-29+;. The highest BCUT2D eigenvalue weighted by Gasteiger charge is 2.46. The van der Waals surface area contributed by atoms with Crippen molar-refractivity contribution < 1.29 is 31.2 Å². The van der Waals surface area contributed by atoms with Crippen molar-refractivity contribution in [2.45, 2.75) is 85.2 Å². The summed E-state index contributed by atoms with van der Waals surface area (Å²) in [5.41, 5.74) is 3.35. The molecule has 0 aliphatic heterocycles. The van der Waals surface area contributed by atoms with Crippen LogP contribution in [0.4, 0.5) is 0 Å². The SMILES string of the molecule is CCCCC(CC)COc1cc(C[P+](c2ccccc2)(c2ccccc2)c2ccccc2)c(OCC(CC)CCCC)cc1/C=C/c1ccc(OC)cc1.[Br-]. The zero-order valence-corrected chi connectivity index (χ0v) is 36.2. The van der Waals surface area contributed by atoms with Gasteiger partial charge >= 0.3 is 0 Å². The molecule has 0 saturated heterocycles. The van der Waals surface area contributed by atoms with Crippen LogP contribution in [0.3, 0.4) is 0 Å². The Bertz CT molecular complexity index is 1730. The van der Waals surface area contributed by atoms with E-state index in [1.165, 1.54) is 60.0 Å². The number of halogens is 1. The maximum absolute atomic E-state index is 7.03. The Hall–Kier alpha value is -3.85. The van der Waals surface area contributed by atoms with E-state index in [1.807, 2.05) is 12.1 Å². The van der Waals surface area contributed by atoms with Crippen molar-refractivity contribution in [2.24, 2.45) is 11.8 Å². The van der Waals surface area contributed by atoms with Gasteiger partial charge < -0.3 is 31.2 Å². The quantitative estimate of drug-likeness (QED) is 0.0515. The first-order valence-corrected chi connectivity index (χ1v) is 22.3. The molecule has 0 radical (unpaired) electrons. The van der Waals surface area contributed by atoms with Gasteiger partial charge in [-0.1, -0.05) is 145 Å². The monoisotopic (exact) mass is 820 g/mol. The van der Waals surface area contributed by atoms with Crippen LogP contribution in [0.1, 0.15) is 95.8 Å². The van der Waals surface area contributed by atoms with Crippen LogP contribution in [0.2, 0.25) is 0 Å². The number of ether oxygens (including phenoxy) is 3. The van der Waals surface area contributed by atoms with Gasteiger partial charge in [0.2, 0.25) is 0 Å². The molecule has 0 aliphatic carbocycles. The van der Waals surface area contributed by atoms with Crippen LogP contribution in [0.15, 0.2) is 127 Å². The van der Waals surface area contributed by atoms with Crippen LogP contribution in [-0.4, -0.2) is 20.3 Å². The Kier molecular flexibility index (Phi) is 18.6. The van der Waals surface area contributed by atoms with Crippen molar-refractivity contribution >= 4 is 35.3 Å². The summed E-state index contributed by atoms with van der Waals surface area (Å²) in [6.07, 6.45) is 14.6. The van der Waals surface area contributed by atoms with Crippen molar-refractivity contribution in [2.75, 3.05) is 20.3 Å². The molecule has 0 heterocycles. The molecule has 0 saturated carbocycles. The number of benzene rings is 5. The topological polar surface area (TPSA) is 27.7 Å². The fraction of sp³-hybridized carbons (Fsp3) is 0.360. The zero-order valence-electron chi connectivity index (χ0n) is 33.8. The Morgan fingerprint density at radius 1 is 0.564 bits per heavy atom. The minimum atomic E-state index is -2.20. The molecule has 5 heteroatoms.